The molecular formula is C22H23N5O2S. The van der Waals surface area contributed by atoms with Crippen LogP contribution in [0.15, 0.2) is 30.5 Å². The number of nitrogens with one attached hydrogen (secondary N) is 1. The number of nitrogens with zero attached hydrogens (tertiary/aromatic N) is 4. The second-order valence-electron chi connectivity index (χ2n) is 7.69. The van der Waals surface area contributed by atoms with Crippen LogP contribution in [-0.2, 0) is 6.42 Å². The van der Waals surface area contributed by atoms with Crippen molar-refractivity contribution in [3.63, 3.8) is 0 Å². The third-order valence-corrected chi connectivity index (χ3v) is 6.64. The predicted molar refractivity (Wildman–Crippen MR) is 116 cm³/mol. The Kier molecular flexibility index (Phi) is 4.86. The highest BCUT2D eigenvalue weighted by atomic mass is 32.1. The quantitative estimate of drug-likeness (QED) is 0.697. The molecule has 2 aromatic heterocycles. The molecule has 8 heteroatoms. The Labute approximate surface area is 179 Å². The van der Waals surface area contributed by atoms with Crippen LogP contribution in [0.25, 0.3) is 10.6 Å². The largest absolute Gasteiger partial charge is 0.492 e. The highest BCUT2D eigenvalue weighted by molar-refractivity contribution is 7.15. The summed E-state index contributed by atoms with van der Waals surface area (Å²) in [4.78, 5) is 29.8. The lowest BCUT2D eigenvalue weighted by Gasteiger charge is -2.18. The van der Waals surface area contributed by atoms with E-state index in [1.165, 1.54) is 0 Å². The minimum atomic E-state index is -0.0778. The summed E-state index contributed by atoms with van der Waals surface area (Å²) in [6.45, 7) is 6.14. The van der Waals surface area contributed by atoms with Crippen molar-refractivity contribution in [3.8, 4) is 16.3 Å². The maximum atomic E-state index is 12.8. The van der Waals surface area contributed by atoms with Crippen LogP contribution in [-0.4, -0.2) is 46.6 Å². The molecule has 1 amide bonds. The molecule has 1 saturated heterocycles. The standard InChI is InChI=1S/C22H23N5O2S/c1-13-20(30-14(2)24-13)18-6-9-23-22(26-18)27-10-7-16(12-27)25-21(28)17-5-3-4-15-8-11-29-19(15)17/h3-6,9,16H,7-8,10-12H2,1-2H3,(H,25,28). The van der Waals surface area contributed by atoms with E-state index >= 15 is 0 Å². The molecule has 0 saturated carbocycles. The van der Waals surface area contributed by atoms with Crippen LogP contribution in [0.1, 0.15) is 33.0 Å². The fourth-order valence-corrected chi connectivity index (χ4v) is 5.00. The number of carbonyl (C=O) groups is 1. The third kappa shape index (κ3) is 3.52. The maximum absolute atomic E-state index is 12.8. The summed E-state index contributed by atoms with van der Waals surface area (Å²) >= 11 is 1.65. The third-order valence-electron chi connectivity index (χ3n) is 5.54. The van der Waals surface area contributed by atoms with Crippen LogP contribution >= 0.6 is 11.3 Å². The SMILES string of the molecule is Cc1nc(C)c(-c2ccnc(N3CCC(NC(=O)c4cccc5c4OCC5)C3)n2)s1. The predicted octanol–water partition coefficient (Wildman–Crippen LogP) is 3.16. The Morgan fingerprint density at radius 2 is 2.17 bits per heavy atom. The van der Waals surface area contributed by atoms with Crippen LogP contribution in [0.2, 0.25) is 0 Å². The molecule has 4 heterocycles. The normalized spacial score (nSPS) is 17.7. The van der Waals surface area contributed by atoms with Crippen LogP contribution in [0.4, 0.5) is 5.95 Å². The highest BCUT2D eigenvalue weighted by Gasteiger charge is 2.28. The van der Waals surface area contributed by atoms with Crippen LogP contribution in [0.5, 0.6) is 5.75 Å². The molecular weight excluding hydrogens is 398 g/mol. The molecule has 1 atom stereocenters. The summed E-state index contributed by atoms with van der Waals surface area (Å²) in [6, 6.07) is 7.75. The van der Waals surface area contributed by atoms with Crippen LogP contribution in [0, 0.1) is 13.8 Å². The Balaban J connectivity index is 1.29. The molecule has 1 unspecified atom stereocenters. The molecule has 3 aromatic rings. The number of fused-ring (bicyclic) bond motifs is 1. The van der Waals surface area contributed by atoms with Crippen molar-refractivity contribution in [1.29, 1.82) is 0 Å². The molecule has 1 fully saturated rings. The minimum absolute atomic E-state index is 0.0504. The van der Waals surface area contributed by atoms with Gasteiger partial charge in [0.05, 0.1) is 33.4 Å². The lowest BCUT2D eigenvalue weighted by Crippen LogP contribution is -2.37. The monoisotopic (exact) mass is 421 g/mol. The molecule has 30 heavy (non-hydrogen) atoms. The summed E-state index contributed by atoms with van der Waals surface area (Å²) in [7, 11) is 0. The van der Waals surface area contributed by atoms with Gasteiger partial charge in [-0.25, -0.2) is 15.0 Å². The second-order valence-corrected chi connectivity index (χ2v) is 8.89. The number of anilines is 1. The van der Waals surface area contributed by atoms with E-state index in [1.54, 1.807) is 17.5 Å². The summed E-state index contributed by atoms with van der Waals surface area (Å²) in [5, 5.41) is 4.19. The van der Waals surface area contributed by atoms with E-state index in [1.807, 2.05) is 38.1 Å². The Hall–Kier alpha value is -3.00. The number of amides is 1. The van der Waals surface area contributed by atoms with Gasteiger partial charge in [0, 0.05) is 31.7 Å². The lowest BCUT2D eigenvalue weighted by molar-refractivity contribution is 0.0937. The maximum Gasteiger partial charge on any atom is 0.255 e. The number of aromatic nitrogens is 3. The van der Waals surface area contributed by atoms with Gasteiger partial charge in [-0.1, -0.05) is 12.1 Å². The van der Waals surface area contributed by atoms with E-state index in [0.29, 0.717) is 24.7 Å². The first-order valence-corrected chi connectivity index (χ1v) is 11.0. The average Bonchev–Trinajstić information content (AvgIpc) is 3.47. The topological polar surface area (TPSA) is 80.2 Å². The second kappa shape index (κ2) is 7.68. The van der Waals surface area contributed by atoms with Crippen molar-refractivity contribution >= 4 is 23.2 Å². The van der Waals surface area contributed by atoms with E-state index in [-0.39, 0.29) is 11.9 Å². The van der Waals surface area contributed by atoms with Gasteiger partial charge < -0.3 is 15.0 Å². The fraction of sp³-hybridized carbons (Fsp3) is 0.364. The molecule has 0 aliphatic carbocycles. The molecule has 0 bridgehead atoms. The Morgan fingerprint density at radius 3 is 3.00 bits per heavy atom. The molecule has 0 spiro atoms. The van der Waals surface area contributed by atoms with Gasteiger partial charge in [-0.05, 0) is 38.0 Å². The van der Waals surface area contributed by atoms with Gasteiger partial charge in [0.15, 0.2) is 0 Å². The molecule has 0 radical (unpaired) electrons. The van der Waals surface area contributed by atoms with Gasteiger partial charge in [-0.3, -0.25) is 4.79 Å². The van der Waals surface area contributed by atoms with E-state index in [0.717, 1.165) is 52.0 Å². The van der Waals surface area contributed by atoms with Crippen LogP contribution in [0.3, 0.4) is 0 Å². The molecule has 2 aliphatic heterocycles. The van der Waals surface area contributed by atoms with E-state index in [4.69, 9.17) is 9.72 Å². The van der Waals surface area contributed by atoms with E-state index in [9.17, 15) is 4.79 Å². The number of carbonyl (C=O) groups excluding carboxylic acids is 1. The number of thiazole rings is 1. The van der Waals surface area contributed by atoms with Gasteiger partial charge in [0.1, 0.15) is 5.75 Å². The van der Waals surface area contributed by atoms with E-state index < -0.39 is 0 Å². The number of para-hydroxylation sites is 1. The zero-order valence-electron chi connectivity index (χ0n) is 17.0. The lowest BCUT2D eigenvalue weighted by atomic mass is 10.1. The Morgan fingerprint density at radius 1 is 1.27 bits per heavy atom. The zero-order chi connectivity index (χ0) is 20.7. The van der Waals surface area contributed by atoms with Crippen molar-refractivity contribution in [2.45, 2.75) is 32.7 Å². The first-order valence-electron chi connectivity index (χ1n) is 10.2. The van der Waals surface area contributed by atoms with Crippen molar-refractivity contribution in [1.82, 2.24) is 20.3 Å². The zero-order valence-corrected chi connectivity index (χ0v) is 17.8. The summed E-state index contributed by atoms with van der Waals surface area (Å²) in [5.41, 5.74) is 3.62. The minimum Gasteiger partial charge on any atom is -0.492 e. The van der Waals surface area contributed by atoms with Crippen LogP contribution < -0.4 is 15.0 Å². The summed E-state index contributed by atoms with van der Waals surface area (Å²) in [5.74, 6) is 1.35. The van der Waals surface area contributed by atoms with Gasteiger partial charge in [0.2, 0.25) is 5.95 Å². The number of ether oxygens (including phenoxy) is 1. The first kappa shape index (κ1) is 19.0. The van der Waals surface area contributed by atoms with Crippen molar-refractivity contribution in [2.75, 3.05) is 24.6 Å². The van der Waals surface area contributed by atoms with Crippen molar-refractivity contribution in [2.24, 2.45) is 0 Å². The molecule has 2 aliphatic rings. The number of hydrogen-bond donors (Lipinski definition) is 1. The average molecular weight is 422 g/mol. The summed E-state index contributed by atoms with van der Waals surface area (Å²) in [6.07, 6.45) is 3.51. The number of rotatable bonds is 4. The first-order chi connectivity index (χ1) is 14.6. The molecule has 7 nitrogen and oxygen atoms in total. The number of aryl methyl sites for hydroxylation is 2. The van der Waals surface area contributed by atoms with Gasteiger partial charge in [0.25, 0.3) is 5.91 Å². The number of benzene rings is 1. The smallest absolute Gasteiger partial charge is 0.255 e. The van der Waals surface area contributed by atoms with Gasteiger partial charge >= 0.3 is 0 Å². The summed E-state index contributed by atoms with van der Waals surface area (Å²) < 4.78 is 5.68. The Bertz CT molecular complexity index is 1110. The van der Waals surface area contributed by atoms with E-state index in [2.05, 4.69) is 20.2 Å². The fourth-order valence-electron chi connectivity index (χ4n) is 4.11. The van der Waals surface area contributed by atoms with Gasteiger partial charge in [-0.15, -0.1) is 11.3 Å². The molecule has 154 valence electrons. The van der Waals surface area contributed by atoms with Crippen molar-refractivity contribution < 1.29 is 9.53 Å². The molecule has 1 N–H and O–H groups in total. The van der Waals surface area contributed by atoms with Crippen molar-refractivity contribution in [3.05, 3.63) is 52.3 Å². The van der Waals surface area contributed by atoms with Gasteiger partial charge in [-0.2, -0.15) is 0 Å². The highest BCUT2D eigenvalue weighted by Crippen LogP contribution is 2.31. The molecule has 1 aromatic carbocycles. The molecule has 5 rings (SSSR count). The number of hydrogen-bond acceptors (Lipinski definition) is 7.